The molecule has 0 saturated carbocycles. The first kappa shape index (κ1) is 10.3. The molecule has 0 saturated heterocycles. The molecule has 0 aliphatic heterocycles. The maximum atomic E-state index is 4.43. The number of aryl methyl sites for hydroxylation is 2. The van der Waals surface area contributed by atoms with E-state index in [-0.39, 0.29) is 0 Å². The third-order valence-corrected chi connectivity index (χ3v) is 3.00. The van der Waals surface area contributed by atoms with Crippen molar-refractivity contribution in [2.24, 2.45) is 0 Å². The molecule has 0 aliphatic carbocycles. The van der Waals surface area contributed by atoms with Crippen molar-refractivity contribution in [3.63, 3.8) is 0 Å². The van der Waals surface area contributed by atoms with Gasteiger partial charge in [-0.2, -0.15) is 0 Å². The van der Waals surface area contributed by atoms with Crippen LogP contribution < -0.4 is 0 Å². The largest absolute Gasteiger partial charge is 0.307 e. The zero-order chi connectivity index (χ0) is 11.0. The fourth-order valence-electron chi connectivity index (χ4n) is 1.63. The van der Waals surface area contributed by atoms with Crippen LogP contribution in [0.4, 0.5) is 0 Å². The molecule has 15 heavy (non-hydrogen) atoms. The van der Waals surface area contributed by atoms with Crippen molar-refractivity contribution in [2.45, 2.75) is 33.7 Å². The Bertz CT molecular complexity index is 469. The number of thiazole rings is 1. The molecule has 0 radical (unpaired) electrons. The van der Waals surface area contributed by atoms with Crippen LogP contribution >= 0.6 is 11.3 Å². The molecule has 2 aromatic heterocycles. The van der Waals surface area contributed by atoms with Crippen molar-refractivity contribution >= 4 is 11.3 Å². The van der Waals surface area contributed by atoms with Crippen LogP contribution in [-0.4, -0.2) is 19.7 Å². The van der Waals surface area contributed by atoms with Crippen LogP contribution in [0.2, 0.25) is 0 Å². The highest BCUT2D eigenvalue weighted by Gasteiger charge is 2.15. The average Bonchev–Trinajstić information content (AvgIpc) is 2.71. The first-order chi connectivity index (χ1) is 7.09. The van der Waals surface area contributed by atoms with Crippen LogP contribution in [-0.2, 0) is 0 Å². The number of rotatable bonds is 2. The second kappa shape index (κ2) is 3.73. The maximum Gasteiger partial charge on any atom is 0.183 e. The Morgan fingerprint density at radius 3 is 2.53 bits per heavy atom. The highest BCUT2D eigenvalue weighted by molar-refractivity contribution is 7.09. The van der Waals surface area contributed by atoms with Gasteiger partial charge in [0, 0.05) is 11.4 Å². The minimum atomic E-state index is 0.358. The summed E-state index contributed by atoms with van der Waals surface area (Å²) in [5.41, 5.74) is 0.923. The molecular formula is C10H14N4S. The smallest absolute Gasteiger partial charge is 0.183 e. The van der Waals surface area contributed by atoms with E-state index in [1.54, 1.807) is 11.3 Å². The predicted molar refractivity (Wildman–Crippen MR) is 61.0 cm³/mol. The minimum Gasteiger partial charge on any atom is -0.307 e. The Morgan fingerprint density at radius 1 is 1.27 bits per heavy atom. The van der Waals surface area contributed by atoms with E-state index in [0.717, 1.165) is 22.4 Å². The van der Waals surface area contributed by atoms with Crippen LogP contribution in [0, 0.1) is 13.8 Å². The molecule has 4 nitrogen and oxygen atoms in total. The molecule has 0 spiro atoms. The van der Waals surface area contributed by atoms with E-state index in [0.29, 0.717) is 6.04 Å². The maximum absolute atomic E-state index is 4.43. The molecule has 0 aliphatic rings. The fraction of sp³-hybridized carbons (Fsp3) is 0.500. The number of aromatic nitrogens is 4. The monoisotopic (exact) mass is 222 g/mol. The highest BCUT2D eigenvalue weighted by Crippen LogP contribution is 2.23. The number of nitrogens with zero attached hydrogens (tertiary/aromatic N) is 4. The predicted octanol–water partition coefficient (Wildman–Crippen LogP) is 2.60. The lowest BCUT2D eigenvalue weighted by Gasteiger charge is -2.10. The molecule has 2 rings (SSSR count). The van der Waals surface area contributed by atoms with Gasteiger partial charge in [-0.3, -0.25) is 0 Å². The first-order valence-electron chi connectivity index (χ1n) is 4.93. The third-order valence-electron chi connectivity index (χ3n) is 2.23. The van der Waals surface area contributed by atoms with Crippen LogP contribution in [0.15, 0.2) is 5.38 Å². The molecule has 0 amide bonds. The van der Waals surface area contributed by atoms with Crippen LogP contribution in [0.3, 0.4) is 0 Å². The topological polar surface area (TPSA) is 43.6 Å². The van der Waals surface area contributed by atoms with E-state index < -0.39 is 0 Å². The van der Waals surface area contributed by atoms with Gasteiger partial charge in [-0.05, 0) is 27.7 Å². The van der Waals surface area contributed by atoms with E-state index in [2.05, 4.69) is 33.6 Å². The normalized spacial score (nSPS) is 11.3. The molecule has 0 unspecified atom stereocenters. The van der Waals surface area contributed by atoms with E-state index >= 15 is 0 Å². The summed E-state index contributed by atoms with van der Waals surface area (Å²) in [7, 11) is 0. The van der Waals surface area contributed by atoms with E-state index in [9.17, 15) is 0 Å². The van der Waals surface area contributed by atoms with Gasteiger partial charge in [0.15, 0.2) is 5.82 Å². The van der Waals surface area contributed by atoms with Gasteiger partial charge in [0.2, 0.25) is 0 Å². The summed E-state index contributed by atoms with van der Waals surface area (Å²) in [5, 5.41) is 11.4. The standard InChI is InChI=1S/C10H14N4S/c1-6(2)14-7(3)12-13-10(14)9-5-15-8(4)11-9/h5-6H,1-4H3. The SMILES string of the molecule is Cc1nc(-c2nnc(C)n2C(C)C)cs1. The van der Waals surface area contributed by atoms with Crippen LogP contribution in [0.25, 0.3) is 11.5 Å². The van der Waals surface area contributed by atoms with E-state index in [4.69, 9.17) is 0 Å². The molecule has 2 aromatic rings. The van der Waals surface area contributed by atoms with Crippen molar-refractivity contribution < 1.29 is 0 Å². The molecule has 0 N–H and O–H groups in total. The van der Waals surface area contributed by atoms with Gasteiger partial charge in [-0.25, -0.2) is 4.98 Å². The summed E-state index contributed by atoms with van der Waals surface area (Å²) in [6, 6.07) is 0.358. The summed E-state index contributed by atoms with van der Waals surface area (Å²) >= 11 is 1.64. The van der Waals surface area contributed by atoms with E-state index in [1.807, 2.05) is 19.2 Å². The Kier molecular flexibility index (Phi) is 2.56. The lowest BCUT2D eigenvalue weighted by Crippen LogP contribution is -2.05. The van der Waals surface area contributed by atoms with Crippen molar-refractivity contribution in [1.29, 1.82) is 0 Å². The van der Waals surface area contributed by atoms with Gasteiger partial charge in [0.05, 0.1) is 5.01 Å². The molecule has 0 aromatic carbocycles. The van der Waals surface area contributed by atoms with Crippen molar-refractivity contribution in [3.8, 4) is 11.5 Å². The molecule has 0 fully saturated rings. The Morgan fingerprint density at radius 2 is 2.00 bits per heavy atom. The molecule has 5 heteroatoms. The molecule has 80 valence electrons. The summed E-state index contributed by atoms with van der Waals surface area (Å²) in [5.74, 6) is 1.80. The van der Waals surface area contributed by atoms with Crippen LogP contribution in [0.5, 0.6) is 0 Å². The van der Waals surface area contributed by atoms with Gasteiger partial charge in [0.1, 0.15) is 11.5 Å². The van der Waals surface area contributed by atoms with Gasteiger partial charge in [0.25, 0.3) is 0 Å². The Labute approximate surface area is 93.0 Å². The molecular weight excluding hydrogens is 208 g/mol. The summed E-state index contributed by atoms with van der Waals surface area (Å²) < 4.78 is 2.11. The Hall–Kier alpha value is -1.23. The zero-order valence-corrected chi connectivity index (χ0v) is 10.2. The zero-order valence-electron chi connectivity index (χ0n) is 9.35. The van der Waals surface area contributed by atoms with Gasteiger partial charge in [-0.1, -0.05) is 0 Å². The van der Waals surface area contributed by atoms with Gasteiger partial charge in [-0.15, -0.1) is 21.5 Å². The second-order valence-corrected chi connectivity index (χ2v) is 4.85. The quantitative estimate of drug-likeness (QED) is 0.784. The third kappa shape index (κ3) is 1.79. The summed E-state index contributed by atoms with van der Waals surface area (Å²) in [6.45, 7) is 8.21. The highest BCUT2D eigenvalue weighted by atomic mass is 32.1. The van der Waals surface area contributed by atoms with E-state index in [1.165, 1.54) is 0 Å². The number of hydrogen-bond donors (Lipinski definition) is 0. The second-order valence-electron chi connectivity index (χ2n) is 3.79. The first-order valence-corrected chi connectivity index (χ1v) is 5.81. The Balaban J connectivity index is 2.53. The van der Waals surface area contributed by atoms with Gasteiger partial charge < -0.3 is 4.57 Å². The van der Waals surface area contributed by atoms with Gasteiger partial charge >= 0.3 is 0 Å². The van der Waals surface area contributed by atoms with Crippen molar-refractivity contribution in [1.82, 2.24) is 19.7 Å². The lowest BCUT2D eigenvalue weighted by molar-refractivity contribution is 0.587. The summed E-state index contributed by atoms with van der Waals surface area (Å²) in [4.78, 5) is 4.43. The van der Waals surface area contributed by atoms with Crippen LogP contribution in [0.1, 0.15) is 30.7 Å². The summed E-state index contributed by atoms with van der Waals surface area (Å²) in [6.07, 6.45) is 0. The number of hydrogen-bond acceptors (Lipinski definition) is 4. The average molecular weight is 222 g/mol. The molecule has 0 bridgehead atoms. The lowest BCUT2D eigenvalue weighted by atomic mass is 10.3. The minimum absolute atomic E-state index is 0.358. The van der Waals surface area contributed by atoms with Crippen molar-refractivity contribution in [2.75, 3.05) is 0 Å². The fourth-order valence-corrected chi connectivity index (χ4v) is 2.22. The molecule has 0 atom stereocenters. The molecule has 2 heterocycles. The van der Waals surface area contributed by atoms with Crippen molar-refractivity contribution in [3.05, 3.63) is 16.2 Å².